The van der Waals surface area contributed by atoms with Crippen molar-refractivity contribution in [3.63, 3.8) is 0 Å². The maximum atomic E-state index is 5.94. The second kappa shape index (κ2) is 4.92. The number of aryl methyl sites for hydroxylation is 1. The van der Waals surface area contributed by atoms with Crippen molar-refractivity contribution < 1.29 is 0 Å². The Labute approximate surface area is 101 Å². The molecule has 0 spiro atoms. The van der Waals surface area contributed by atoms with E-state index in [2.05, 4.69) is 14.3 Å². The predicted octanol–water partition coefficient (Wildman–Crippen LogP) is 3.19. The molecule has 2 aromatic heterocycles. The molecule has 2 heterocycles. The largest absolute Gasteiger partial charge is 0.244 e. The van der Waals surface area contributed by atoms with Crippen LogP contribution in [0.1, 0.15) is 11.4 Å². The Balaban J connectivity index is 2.02. The summed E-state index contributed by atoms with van der Waals surface area (Å²) < 4.78 is 5.08. The van der Waals surface area contributed by atoms with Crippen molar-refractivity contribution in [1.82, 2.24) is 14.3 Å². The lowest BCUT2D eigenvalue weighted by atomic mass is 10.3. The van der Waals surface area contributed by atoms with Crippen molar-refractivity contribution in [3.05, 3.63) is 34.9 Å². The molecule has 0 fully saturated rings. The topological polar surface area (TPSA) is 38.7 Å². The van der Waals surface area contributed by atoms with E-state index in [9.17, 15) is 0 Å². The number of thioether (sulfide) groups is 1. The minimum atomic E-state index is 0.561. The van der Waals surface area contributed by atoms with Gasteiger partial charge in [0, 0.05) is 11.9 Å². The van der Waals surface area contributed by atoms with E-state index in [4.69, 9.17) is 11.6 Å². The average molecular weight is 258 g/mol. The highest BCUT2D eigenvalue weighted by Crippen LogP contribution is 2.26. The summed E-state index contributed by atoms with van der Waals surface area (Å²) >= 11 is 8.98. The predicted molar refractivity (Wildman–Crippen MR) is 63.5 cm³/mol. The Morgan fingerprint density at radius 3 is 3.07 bits per heavy atom. The summed E-state index contributed by atoms with van der Waals surface area (Å²) in [5.41, 5.74) is 1.03. The number of hydrogen-bond acceptors (Lipinski definition) is 5. The molecule has 2 aromatic rings. The molecule has 6 heteroatoms. The van der Waals surface area contributed by atoms with Crippen LogP contribution >= 0.6 is 34.9 Å². The Kier molecular flexibility index (Phi) is 3.56. The van der Waals surface area contributed by atoms with Gasteiger partial charge in [-0.25, -0.2) is 9.97 Å². The zero-order chi connectivity index (χ0) is 10.7. The fourth-order valence-corrected chi connectivity index (χ4v) is 2.90. The highest BCUT2D eigenvalue weighted by Gasteiger charge is 2.04. The molecule has 0 saturated carbocycles. The first-order valence-electron chi connectivity index (χ1n) is 4.28. The number of halogens is 1. The molecular formula is C9H8ClN3S2. The van der Waals surface area contributed by atoms with E-state index in [1.807, 2.05) is 19.1 Å². The van der Waals surface area contributed by atoms with Gasteiger partial charge in [-0.05, 0) is 30.1 Å². The molecule has 0 N–H and O–H groups in total. The zero-order valence-corrected chi connectivity index (χ0v) is 10.4. The van der Waals surface area contributed by atoms with Crippen molar-refractivity contribution >= 4 is 34.9 Å². The highest BCUT2D eigenvalue weighted by molar-refractivity contribution is 8.00. The molecule has 0 bridgehead atoms. The van der Waals surface area contributed by atoms with Crippen molar-refractivity contribution in [3.8, 4) is 0 Å². The Hall–Kier alpha value is -0.650. The van der Waals surface area contributed by atoms with Gasteiger partial charge in [0.2, 0.25) is 0 Å². The van der Waals surface area contributed by atoms with Gasteiger partial charge >= 0.3 is 0 Å². The molecule has 15 heavy (non-hydrogen) atoms. The lowest BCUT2D eigenvalue weighted by Crippen LogP contribution is -1.84. The third kappa shape index (κ3) is 2.90. The van der Waals surface area contributed by atoms with E-state index in [1.54, 1.807) is 18.0 Å². The van der Waals surface area contributed by atoms with Crippen LogP contribution in [0.2, 0.25) is 5.15 Å². The highest BCUT2D eigenvalue weighted by atomic mass is 35.5. The quantitative estimate of drug-likeness (QED) is 0.625. The summed E-state index contributed by atoms with van der Waals surface area (Å²) in [5.74, 6) is 1.60. The smallest absolute Gasteiger partial charge is 0.170 e. The SMILES string of the molecule is Cc1nsc(SCc2cccnc2Cl)n1. The molecule has 0 saturated heterocycles. The fraction of sp³-hybridized carbons (Fsp3) is 0.222. The van der Waals surface area contributed by atoms with Gasteiger partial charge in [0.1, 0.15) is 11.0 Å². The minimum Gasteiger partial charge on any atom is -0.244 e. The van der Waals surface area contributed by atoms with Crippen molar-refractivity contribution in [2.75, 3.05) is 0 Å². The maximum absolute atomic E-state index is 5.94. The van der Waals surface area contributed by atoms with Crippen LogP contribution in [-0.4, -0.2) is 14.3 Å². The van der Waals surface area contributed by atoms with Gasteiger partial charge in [-0.15, -0.1) is 0 Å². The molecule has 78 valence electrons. The standard InChI is InChI=1S/C9H8ClN3S2/c1-6-12-9(15-13-6)14-5-7-3-2-4-11-8(7)10/h2-4H,5H2,1H3. The summed E-state index contributed by atoms with van der Waals surface area (Å²) in [6.45, 7) is 1.89. The van der Waals surface area contributed by atoms with Crippen LogP contribution in [-0.2, 0) is 5.75 Å². The van der Waals surface area contributed by atoms with E-state index in [0.717, 1.165) is 21.5 Å². The van der Waals surface area contributed by atoms with Crippen LogP contribution < -0.4 is 0 Å². The van der Waals surface area contributed by atoms with Crippen molar-refractivity contribution in [2.24, 2.45) is 0 Å². The van der Waals surface area contributed by atoms with Crippen LogP contribution in [0.5, 0.6) is 0 Å². The minimum absolute atomic E-state index is 0.561. The van der Waals surface area contributed by atoms with Crippen molar-refractivity contribution in [1.29, 1.82) is 0 Å². The van der Waals surface area contributed by atoms with E-state index >= 15 is 0 Å². The number of rotatable bonds is 3. The molecule has 0 atom stereocenters. The van der Waals surface area contributed by atoms with Gasteiger partial charge in [0.15, 0.2) is 4.34 Å². The monoisotopic (exact) mass is 257 g/mol. The number of aromatic nitrogens is 3. The lowest BCUT2D eigenvalue weighted by Gasteiger charge is -1.99. The van der Waals surface area contributed by atoms with Gasteiger partial charge in [-0.3, -0.25) is 0 Å². The van der Waals surface area contributed by atoms with Crippen molar-refractivity contribution in [2.45, 2.75) is 17.0 Å². The number of hydrogen-bond donors (Lipinski definition) is 0. The molecule has 0 amide bonds. The molecule has 0 aliphatic rings. The first kappa shape index (κ1) is 10.9. The molecule has 0 aliphatic carbocycles. The first-order chi connectivity index (χ1) is 7.25. The summed E-state index contributed by atoms with van der Waals surface area (Å²) in [4.78, 5) is 8.28. The Morgan fingerprint density at radius 2 is 2.40 bits per heavy atom. The van der Waals surface area contributed by atoms with E-state index in [0.29, 0.717) is 5.15 Å². The van der Waals surface area contributed by atoms with Crippen LogP contribution in [0.25, 0.3) is 0 Å². The average Bonchev–Trinajstić information content (AvgIpc) is 2.63. The van der Waals surface area contributed by atoms with Crippen LogP contribution in [0.3, 0.4) is 0 Å². The second-order valence-electron chi connectivity index (χ2n) is 2.85. The summed E-state index contributed by atoms with van der Waals surface area (Å²) in [6, 6.07) is 3.85. The molecule has 0 aromatic carbocycles. The van der Waals surface area contributed by atoms with Gasteiger partial charge in [0.05, 0.1) is 0 Å². The second-order valence-corrected chi connectivity index (χ2v) is 5.18. The lowest BCUT2D eigenvalue weighted by molar-refractivity contribution is 1.10. The maximum Gasteiger partial charge on any atom is 0.170 e. The van der Waals surface area contributed by atoms with E-state index in [1.165, 1.54) is 11.5 Å². The van der Waals surface area contributed by atoms with Gasteiger partial charge in [-0.2, -0.15) is 4.37 Å². The van der Waals surface area contributed by atoms with Gasteiger partial charge < -0.3 is 0 Å². The molecule has 0 radical (unpaired) electrons. The van der Waals surface area contributed by atoms with E-state index < -0.39 is 0 Å². The molecule has 0 aliphatic heterocycles. The van der Waals surface area contributed by atoms with E-state index in [-0.39, 0.29) is 0 Å². The summed E-state index contributed by atoms with van der Waals surface area (Å²) in [6.07, 6.45) is 1.69. The molecule has 0 unspecified atom stereocenters. The molecular weight excluding hydrogens is 250 g/mol. The number of pyridine rings is 1. The molecule has 2 rings (SSSR count). The number of nitrogens with zero attached hydrogens (tertiary/aromatic N) is 3. The van der Waals surface area contributed by atoms with Crippen LogP contribution in [0.4, 0.5) is 0 Å². The zero-order valence-electron chi connectivity index (χ0n) is 7.98. The fourth-order valence-electron chi connectivity index (χ4n) is 1.00. The molecule has 3 nitrogen and oxygen atoms in total. The Morgan fingerprint density at radius 1 is 1.53 bits per heavy atom. The third-order valence-corrected chi connectivity index (χ3v) is 4.01. The van der Waals surface area contributed by atoms with Gasteiger partial charge in [-0.1, -0.05) is 29.4 Å². The third-order valence-electron chi connectivity index (χ3n) is 1.70. The Bertz CT molecular complexity index is 458. The summed E-state index contributed by atoms with van der Waals surface area (Å²) in [7, 11) is 0. The summed E-state index contributed by atoms with van der Waals surface area (Å²) in [5, 5.41) is 0.561. The van der Waals surface area contributed by atoms with Crippen LogP contribution in [0, 0.1) is 6.92 Å². The normalized spacial score (nSPS) is 10.5. The van der Waals surface area contributed by atoms with Gasteiger partial charge in [0.25, 0.3) is 0 Å². The van der Waals surface area contributed by atoms with Crippen LogP contribution in [0.15, 0.2) is 22.7 Å². The first-order valence-corrected chi connectivity index (χ1v) is 6.42.